The number of esters is 1. The summed E-state index contributed by atoms with van der Waals surface area (Å²) in [5.74, 6) is -1.49. The quantitative estimate of drug-likeness (QED) is 0.558. The molecule has 1 saturated heterocycles. The molecule has 0 radical (unpaired) electrons. The highest BCUT2D eigenvalue weighted by molar-refractivity contribution is 7.88. The molecule has 0 bridgehead atoms. The average Bonchev–Trinajstić information content (AvgIpc) is 2.82. The number of methoxy groups -OCH3 is 1. The molecule has 1 aliphatic heterocycles. The van der Waals surface area contributed by atoms with Gasteiger partial charge in [0.25, 0.3) is 0 Å². The smallest absolute Gasteiger partial charge is 0.328 e. The molecule has 3 rings (SSSR count). The Hall–Kier alpha value is -2.53. The van der Waals surface area contributed by atoms with Gasteiger partial charge in [0.15, 0.2) is 0 Å². The van der Waals surface area contributed by atoms with Gasteiger partial charge in [-0.05, 0) is 24.5 Å². The molecule has 1 saturated carbocycles. The first-order valence-corrected chi connectivity index (χ1v) is 13.1. The van der Waals surface area contributed by atoms with Crippen molar-refractivity contribution in [2.45, 2.75) is 50.6 Å². The molecule has 2 fully saturated rings. The summed E-state index contributed by atoms with van der Waals surface area (Å²) in [6.07, 6.45) is 8.99. The summed E-state index contributed by atoms with van der Waals surface area (Å²) in [5.41, 5.74) is 0.727. The van der Waals surface area contributed by atoms with Crippen LogP contribution in [0.4, 0.5) is 0 Å². The van der Waals surface area contributed by atoms with E-state index < -0.39 is 34.0 Å². The molecule has 2 aliphatic rings. The lowest BCUT2D eigenvalue weighted by molar-refractivity contribution is -0.149. The summed E-state index contributed by atoms with van der Waals surface area (Å²) in [6.45, 7) is 0.118. The monoisotopic (exact) mass is 480 g/mol. The second-order valence-electron chi connectivity index (χ2n) is 8.65. The molecule has 0 spiro atoms. The van der Waals surface area contributed by atoms with Crippen molar-refractivity contribution in [3.8, 4) is 0 Å². The van der Waals surface area contributed by atoms with Gasteiger partial charge in [0.2, 0.25) is 21.8 Å². The molecule has 10 nitrogen and oxygen atoms in total. The number of ether oxygens (including phenoxy) is 1. The van der Waals surface area contributed by atoms with Gasteiger partial charge in [-0.2, -0.15) is 4.31 Å². The van der Waals surface area contributed by atoms with E-state index in [2.05, 4.69) is 10.3 Å². The van der Waals surface area contributed by atoms with E-state index in [-0.39, 0.29) is 37.9 Å². The van der Waals surface area contributed by atoms with Crippen LogP contribution < -0.4 is 5.32 Å². The maximum Gasteiger partial charge on any atom is 0.328 e. The molecule has 2 atom stereocenters. The number of aromatic nitrogens is 1. The van der Waals surface area contributed by atoms with E-state index in [1.54, 1.807) is 24.5 Å². The Morgan fingerprint density at radius 3 is 2.55 bits per heavy atom. The van der Waals surface area contributed by atoms with Crippen LogP contribution in [0.2, 0.25) is 0 Å². The molecular formula is C22H32N4O6S. The predicted molar refractivity (Wildman–Crippen MR) is 120 cm³/mol. The molecule has 11 heteroatoms. The number of sulfonamides is 1. The maximum absolute atomic E-state index is 13.3. The van der Waals surface area contributed by atoms with Crippen molar-refractivity contribution in [2.24, 2.45) is 5.92 Å². The van der Waals surface area contributed by atoms with Crippen molar-refractivity contribution in [1.29, 1.82) is 0 Å². The molecule has 1 aliphatic carbocycles. The number of hydrogen-bond acceptors (Lipinski definition) is 7. The summed E-state index contributed by atoms with van der Waals surface area (Å²) in [4.78, 5) is 44.5. The lowest BCUT2D eigenvalue weighted by Crippen LogP contribution is -2.63. The Bertz CT molecular complexity index is 949. The third-order valence-corrected chi connectivity index (χ3v) is 7.59. The first kappa shape index (κ1) is 25.1. The third kappa shape index (κ3) is 6.50. The number of piperazine rings is 1. The van der Waals surface area contributed by atoms with E-state index in [0.29, 0.717) is 0 Å². The Kier molecular flexibility index (Phi) is 8.41. The number of nitrogens with zero attached hydrogens (tertiary/aromatic N) is 3. The molecule has 2 heterocycles. The van der Waals surface area contributed by atoms with E-state index in [9.17, 15) is 22.8 Å². The molecular weight excluding hydrogens is 448 g/mol. The summed E-state index contributed by atoms with van der Waals surface area (Å²) in [7, 11) is -2.32. The largest absolute Gasteiger partial charge is 0.467 e. The van der Waals surface area contributed by atoms with Crippen molar-refractivity contribution < 1.29 is 27.5 Å². The van der Waals surface area contributed by atoms with Crippen LogP contribution in [-0.4, -0.2) is 85.5 Å². The van der Waals surface area contributed by atoms with Gasteiger partial charge in [-0.15, -0.1) is 0 Å². The lowest BCUT2D eigenvalue weighted by atomic mass is 9.87. The second-order valence-corrected chi connectivity index (χ2v) is 10.6. The molecule has 33 heavy (non-hydrogen) atoms. The predicted octanol–water partition coefficient (Wildman–Crippen LogP) is 0.335. The van der Waals surface area contributed by atoms with Crippen molar-refractivity contribution in [3.05, 3.63) is 30.1 Å². The zero-order valence-corrected chi connectivity index (χ0v) is 19.9. The van der Waals surface area contributed by atoms with Crippen molar-refractivity contribution >= 4 is 27.8 Å². The van der Waals surface area contributed by atoms with Gasteiger partial charge in [-0.1, -0.05) is 25.3 Å². The van der Waals surface area contributed by atoms with Crippen molar-refractivity contribution in [2.75, 3.05) is 33.0 Å². The fraction of sp³-hybridized carbons (Fsp3) is 0.636. The molecule has 2 unspecified atom stereocenters. The van der Waals surface area contributed by atoms with Crippen LogP contribution in [-0.2, 0) is 35.6 Å². The van der Waals surface area contributed by atoms with Gasteiger partial charge in [-0.25, -0.2) is 13.2 Å². The van der Waals surface area contributed by atoms with Crippen LogP contribution in [0.25, 0.3) is 0 Å². The van der Waals surface area contributed by atoms with Crippen LogP contribution >= 0.6 is 0 Å². The van der Waals surface area contributed by atoms with Gasteiger partial charge >= 0.3 is 5.97 Å². The summed E-state index contributed by atoms with van der Waals surface area (Å²) in [6, 6.07) is 1.48. The van der Waals surface area contributed by atoms with Crippen LogP contribution in [0.1, 0.15) is 37.7 Å². The van der Waals surface area contributed by atoms with Crippen LogP contribution in [0, 0.1) is 5.92 Å². The number of pyridine rings is 1. The summed E-state index contributed by atoms with van der Waals surface area (Å²) < 4.78 is 30.4. The highest BCUT2D eigenvalue weighted by Gasteiger charge is 2.41. The van der Waals surface area contributed by atoms with Gasteiger partial charge in [0.1, 0.15) is 12.1 Å². The first-order valence-electron chi connectivity index (χ1n) is 11.2. The SMILES string of the molecule is COC(=O)C(Cc1cccnc1)NC(=O)C1CN(S(C)(=O)=O)CCN1C(=O)C1CCCCC1. The third-order valence-electron chi connectivity index (χ3n) is 6.32. The Balaban J connectivity index is 1.81. The zero-order chi connectivity index (χ0) is 24.0. The number of rotatable bonds is 7. The molecule has 1 aromatic heterocycles. The zero-order valence-electron chi connectivity index (χ0n) is 19.1. The van der Waals surface area contributed by atoms with E-state index in [1.165, 1.54) is 16.3 Å². The second kappa shape index (κ2) is 11.1. The fourth-order valence-electron chi connectivity index (χ4n) is 4.49. The van der Waals surface area contributed by atoms with E-state index in [4.69, 9.17) is 4.74 Å². The van der Waals surface area contributed by atoms with Crippen LogP contribution in [0.3, 0.4) is 0 Å². The highest BCUT2D eigenvalue weighted by atomic mass is 32.2. The maximum atomic E-state index is 13.3. The first-order chi connectivity index (χ1) is 15.7. The molecule has 0 aromatic carbocycles. The van der Waals surface area contributed by atoms with Crippen molar-refractivity contribution in [1.82, 2.24) is 19.5 Å². The fourth-order valence-corrected chi connectivity index (χ4v) is 5.31. The summed E-state index contributed by atoms with van der Waals surface area (Å²) in [5, 5.41) is 2.69. The molecule has 2 amide bonds. The molecule has 1 aromatic rings. The lowest BCUT2D eigenvalue weighted by Gasteiger charge is -2.41. The number of carbonyl (C=O) groups excluding carboxylic acids is 3. The number of amides is 2. The van der Waals surface area contributed by atoms with E-state index in [1.807, 2.05) is 0 Å². The normalized spacial score (nSPS) is 21.3. The van der Waals surface area contributed by atoms with Gasteiger partial charge < -0.3 is 15.0 Å². The molecule has 182 valence electrons. The van der Waals surface area contributed by atoms with Crippen molar-refractivity contribution in [3.63, 3.8) is 0 Å². The van der Waals surface area contributed by atoms with Gasteiger partial charge in [0, 0.05) is 44.4 Å². The minimum absolute atomic E-state index is 0.120. The van der Waals surface area contributed by atoms with E-state index in [0.717, 1.165) is 43.9 Å². The van der Waals surface area contributed by atoms with Crippen LogP contribution in [0.5, 0.6) is 0 Å². The Morgan fingerprint density at radius 2 is 1.94 bits per heavy atom. The van der Waals surface area contributed by atoms with E-state index >= 15 is 0 Å². The minimum atomic E-state index is -3.55. The summed E-state index contributed by atoms with van der Waals surface area (Å²) >= 11 is 0. The number of carbonyl (C=O) groups is 3. The topological polar surface area (TPSA) is 126 Å². The molecule has 1 N–H and O–H groups in total. The number of nitrogens with one attached hydrogen (secondary N) is 1. The van der Waals surface area contributed by atoms with Crippen LogP contribution in [0.15, 0.2) is 24.5 Å². The standard InChI is InChI=1S/C22H32N4O6S/c1-32-22(29)18(13-16-7-6-10-23-14-16)24-20(27)19-15-25(33(2,30)31)11-12-26(19)21(28)17-8-4-3-5-9-17/h6-7,10,14,17-19H,3-5,8-9,11-13,15H2,1-2H3,(H,24,27). The number of hydrogen-bond donors (Lipinski definition) is 1. The Labute approximate surface area is 194 Å². The van der Waals surface area contributed by atoms with Gasteiger partial charge in [0.05, 0.1) is 13.4 Å². The minimum Gasteiger partial charge on any atom is -0.467 e. The Morgan fingerprint density at radius 1 is 1.21 bits per heavy atom. The highest BCUT2D eigenvalue weighted by Crippen LogP contribution is 2.27. The average molecular weight is 481 g/mol. The van der Waals surface area contributed by atoms with Gasteiger partial charge in [-0.3, -0.25) is 14.6 Å².